The summed E-state index contributed by atoms with van der Waals surface area (Å²) in [5.74, 6) is 0.210. The van der Waals surface area contributed by atoms with Gasteiger partial charge >= 0.3 is 0 Å². The van der Waals surface area contributed by atoms with Crippen LogP contribution in [0.4, 0.5) is 0 Å². The Balaban J connectivity index is 2.74. The van der Waals surface area contributed by atoms with E-state index in [9.17, 15) is 8.42 Å². The van der Waals surface area contributed by atoms with Crippen LogP contribution in [0.25, 0.3) is 0 Å². The maximum absolute atomic E-state index is 12.1. The molecule has 3 nitrogen and oxygen atoms in total. The van der Waals surface area contributed by atoms with Gasteiger partial charge in [-0.05, 0) is 42.5 Å². The molecule has 1 aromatic carbocycles. The predicted octanol–water partition coefficient (Wildman–Crippen LogP) is 2.89. The van der Waals surface area contributed by atoms with Crippen LogP contribution in [-0.2, 0) is 15.3 Å². The average molecular weight is 283 g/mol. The van der Waals surface area contributed by atoms with E-state index in [4.69, 9.17) is 5.73 Å². The molecule has 4 heteroatoms. The first kappa shape index (κ1) is 16.2. The average Bonchev–Trinajstić information content (AvgIpc) is 2.34. The van der Waals surface area contributed by atoms with Gasteiger partial charge in [0.2, 0.25) is 0 Å². The van der Waals surface area contributed by atoms with Gasteiger partial charge in [-0.2, -0.15) is 0 Å². The highest BCUT2D eigenvalue weighted by molar-refractivity contribution is 7.91. The van der Waals surface area contributed by atoms with Gasteiger partial charge in [-0.25, -0.2) is 8.42 Å². The van der Waals surface area contributed by atoms with E-state index in [1.54, 1.807) is 12.1 Å². The minimum absolute atomic E-state index is 0.0451. The summed E-state index contributed by atoms with van der Waals surface area (Å²) in [5.41, 5.74) is 6.59. The van der Waals surface area contributed by atoms with Gasteiger partial charge in [0.05, 0.1) is 10.6 Å². The van der Waals surface area contributed by atoms with Gasteiger partial charge in [-0.3, -0.25) is 0 Å². The van der Waals surface area contributed by atoms with Crippen LogP contribution in [-0.4, -0.2) is 20.7 Å². The van der Waals surface area contributed by atoms with Gasteiger partial charge < -0.3 is 5.73 Å². The molecule has 0 aliphatic rings. The molecule has 0 bridgehead atoms. The predicted molar refractivity (Wildman–Crippen MR) is 80.1 cm³/mol. The molecule has 0 heterocycles. The summed E-state index contributed by atoms with van der Waals surface area (Å²) in [6, 6.07) is 7.26. The second-order valence-corrected chi connectivity index (χ2v) is 8.05. The zero-order valence-corrected chi connectivity index (χ0v) is 13.0. The first-order chi connectivity index (χ1) is 8.77. The summed E-state index contributed by atoms with van der Waals surface area (Å²) in [5, 5.41) is 0. The fraction of sp³-hybridized carbons (Fsp3) is 0.600. The van der Waals surface area contributed by atoms with Crippen molar-refractivity contribution in [1.29, 1.82) is 0 Å². The first-order valence-electron chi connectivity index (χ1n) is 6.81. The third-order valence-corrected chi connectivity index (χ3v) is 5.01. The zero-order chi connectivity index (χ0) is 14.5. The van der Waals surface area contributed by atoms with Crippen molar-refractivity contribution >= 4 is 9.84 Å². The molecule has 0 unspecified atom stereocenters. The van der Waals surface area contributed by atoms with Crippen LogP contribution < -0.4 is 5.73 Å². The summed E-state index contributed by atoms with van der Waals surface area (Å²) in [4.78, 5) is 0.424. The van der Waals surface area contributed by atoms with Crippen molar-refractivity contribution in [2.24, 2.45) is 5.73 Å². The Labute approximate surface area is 117 Å². The van der Waals surface area contributed by atoms with Gasteiger partial charge in [0.15, 0.2) is 9.84 Å². The SMILES string of the molecule is CC(C)(C)c1ccc(S(=O)(=O)CCCCCN)cc1. The molecular weight excluding hydrogens is 258 g/mol. The van der Waals surface area contributed by atoms with Crippen molar-refractivity contribution in [2.75, 3.05) is 12.3 Å². The third kappa shape index (κ3) is 4.96. The largest absolute Gasteiger partial charge is 0.330 e. The third-order valence-electron chi connectivity index (χ3n) is 3.20. The maximum Gasteiger partial charge on any atom is 0.178 e. The molecule has 0 aliphatic heterocycles. The van der Waals surface area contributed by atoms with Crippen molar-refractivity contribution in [2.45, 2.75) is 50.3 Å². The van der Waals surface area contributed by atoms with Crippen molar-refractivity contribution < 1.29 is 8.42 Å². The van der Waals surface area contributed by atoms with E-state index in [0.29, 0.717) is 17.9 Å². The zero-order valence-electron chi connectivity index (χ0n) is 12.1. The minimum atomic E-state index is -3.14. The highest BCUT2D eigenvalue weighted by Crippen LogP contribution is 2.24. The minimum Gasteiger partial charge on any atom is -0.330 e. The van der Waals surface area contributed by atoms with Crippen LogP contribution in [0, 0.1) is 0 Å². The topological polar surface area (TPSA) is 60.2 Å². The van der Waals surface area contributed by atoms with E-state index < -0.39 is 9.84 Å². The van der Waals surface area contributed by atoms with Crippen molar-refractivity contribution in [1.82, 2.24) is 0 Å². The molecule has 0 aliphatic carbocycles. The molecule has 0 amide bonds. The van der Waals surface area contributed by atoms with Crippen LogP contribution >= 0.6 is 0 Å². The number of hydrogen-bond acceptors (Lipinski definition) is 3. The Hall–Kier alpha value is -0.870. The number of hydrogen-bond donors (Lipinski definition) is 1. The Kier molecular flexibility index (Phi) is 5.56. The van der Waals surface area contributed by atoms with E-state index in [-0.39, 0.29) is 11.2 Å². The monoisotopic (exact) mass is 283 g/mol. The number of unbranched alkanes of at least 4 members (excludes halogenated alkanes) is 2. The molecule has 0 saturated carbocycles. The lowest BCUT2D eigenvalue weighted by Crippen LogP contribution is -2.12. The molecule has 0 fully saturated rings. The second-order valence-electron chi connectivity index (χ2n) is 5.94. The van der Waals surface area contributed by atoms with Gasteiger partial charge in [-0.15, -0.1) is 0 Å². The molecule has 0 spiro atoms. The van der Waals surface area contributed by atoms with Crippen molar-refractivity contribution in [3.05, 3.63) is 29.8 Å². The molecular formula is C15H25NO2S. The highest BCUT2D eigenvalue weighted by Gasteiger charge is 2.17. The van der Waals surface area contributed by atoms with Crippen LogP contribution in [0.5, 0.6) is 0 Å². The van der Waals surface area contributed by atoms with Crippen molar-refractivity contribution in [3.8, 4) is 0 Å². The van der Waals surface area contributed by atoms with Gasteiger partial charge in [-0.1, -0.05) is 39.3 Å². The van der Waals surface area contributed by atoms with Gasteiger partial charge in [0.1, 0.15) is 0 Å². The van der Waals surface area contributed by atoms with Crippen LogP contribution in [0.1, 0.15) is 45.6 Å². The fourth-order valence-electron chi connectivity index (χ4n) is 1.89. The number of rotatable bonds is 6. The van der Waals surface area contributed by atoms with E-state index >= 15 is 0 Å². The van der Waals surface area contributed by atoms with Crippen molar-refractivity contribution in [3.63, 3.8) is 0 Å². The first-order valence-corrected chi connectivity index (χ1v) is 8.46. The Morgan fingerprint density at radius 1 is 1.00 bits per heavy atom. The Morgan fingerprint density at radius 3 is 2.05 bits per heavy atom. The fourth-order valence-corrected chi connectivity index (χ4v) is 3.26. The van der Waals surface area contributed by atoms with E-state index in [1.807, 2.05) is 12.1 Å². The summed E-state index contributed by atoms with van der Waals surface area (Å²) in [7, 11) is -3.14. The summed E-state index contributed by atoms with van der Waals surface area (Å²) >= 11 is 0. The second kappa shape index (κ2) is 6.53. The molecule has 0 radical (unpaired) electrons. The van der Waals surface area contributed by atoms with E-state index in [1.165, 1.54) is 0 Å². The standard InChI is InChI=1S/C15H25NO2S/c1-15(2,3)13-7-9-14(10-8-13)19(17,18)12-6-4-5-11-16/h7-10H,4-6,11-12,16H2,1-3H3. The molecule has 0 atom stereocenters. The van der Waals surface area contributed by atoms with Gasteiger partial charge in [0.25, 0.3) is 0 Å². The van der Waals surface area contributed by atoms with Gasteiger partial charge in [0, 0.05) is 0 Å². The molecule has 0 saturated heterocycles. The van der Waals surface area contributed by atoms with Crippen LogP contribution in [0.3, 0.4) is 0 Å². The van der Waals surface area contributed by atoms with Crippen LogP contribution in [0.2, 0.25) is 0 Å². The number of sulfone groups is 1. The number of nitrogens with two attached hydrogens (primary N) is 1. The molecule has 0 aromatic heterocycles. The molecule has 108 valence electrons. The summed E-state index contributed by atoms with van der Waals surface area (Å²) < 4.78 is 24.3. The Bertz CT molecular complexity index is 484. The van der Waals surface area contributed by atoms with Crippen LogP contribution in [0.15, 0.2) is 29.2 Å². The lowest BCUT2D eigenvalue weighted by molar-refractivity contribution is 0.584. The lowest BCUT2D eigenvalue weighted by atomic mass is 9.87. The molecule has 1 rings (SSSR count). The highest BCUT2D eigenvalue weighted by atomic mass is 32.2. The van der Waals surface area contributed by atoms with E-state index in [0.717, 1.165) is 18.4 Å². The molecule has 2 N–H and O–H groups in total. The summed E-state index contributed by atoms with van der Waals surface area (Å²) in [6.07, 6.45) is 2.44. The molecule has 19 heavy (non-hydrogen) atoms. The van der Waals surface area contributed by atoms with E-state index in [2.05, 4.69) is 20.8 Å². The number of benzene rings is 1. The Morgan fingerprint density at radius 2 is 1.58 bits per heavy atom. The smallest absolute Gasteiger partial charge is 0.178 e. The quantitative estimate of drug-likeness (QED) is 0.817. The summed E-state index contributed by atoms with van der Waals surface area (Å²) in [6.45, 7) is 6.97. The normalized spacial score (nSPS) is 12.6. The maximum atomic E-state index is 12.1. The lowest BCUT2D eigenvalue weighted by Gasteiger charge is -2.19. The molecule has 1 aromatic rings.